The van der Waals surface area contributed by atoms with Gasteiger partial charge in [0, 0.05) is 27.9 Å². The fourth-order valence-electron chi connectivity index (χ4n) is 2.99. The van der Waals surface area contributed by atoms with Crippen LogP contribution >= 0.6 is 11.3 Å². The van der Waals surface area contributed by atoms with Crippen LogP contribution in [0.4, 0.5) is 10.1 Å². The van der Waals surface area contributed by atoms with Crippen LogP contribution < -0.4 is 10.6 Å². The summed E-state index contributed by atoms with van der Waals surface area (Å²) in [5.41, 5.74) is 2.60. The summed E-state index contributed by atoms with van der Waals surface area (Å²) in [5, 5.41) is 6.25. The predicted molar refractivity (Wildman–Crippen MR) is 113 cm³/mol. The predicted octanol–water partition coefficient (Wildman–Crippen LogP) is 5.30. The number of nitrogens with one attached hydrogen (secondary N) is 2. The molecule has 6 heteroatoms. The van der Waals surface area contributed by atoms with Crippen LogP contribution in [0.15, 0.2) is 36.4 Å². The first-order valence-electron chi connectivity index (χ1n) is 9.15. The number of amides is 2. The molecule has 3 aromatic rings. The van der Waals surface area contributed by atoms with Crippen molar-refractivity contribution in [3.63, 3.8) is 0 Å². The molecule has 0 unspecified atom stereocenters. The van der Waals surface area contributed by atoms with Gasteiger partial charge in [-0.25, -0.2) is 4.39 Å². The molecule has 2 aromatic carbocycles. The number of hydrogen-bond acceptors (Lipinski definition) is 3. The second-order valence-corrected chi connectivity index (χ2v) is 8.31. The van der Waals surface area contributed by atoms with E-state index < -0.39 is 0 Å². The standard InChI is InChI=1S/C22H23FN2O2S/c1-12(2)11-24-21(26)15-8-9-17(13(3)10-15)25-22(27)20-14(4)19-16(23)6-5-7-18(19)28-20/h5-10,12H,11H2,1-4H3,(H,24,26)(H,25,27). The molecule has 3 rings (SSSR count). The number of carbonyl (C=O) groups is 2. The molecule has 0 saturated carbocycles. The van der Waals surface area contributed by atoms with Crippen molar-refractivity contribution in [1.29, 1.82) is 0 Å². The van der Waals surface area contributed by atoms with Gasteiger partial charge in [0.05, 0.1) is 4.88 Å². The van der Waals surface area contributed by atoms with Crippen LogP contribution in [0.25, 0.3) is 10.1 Å². The average molecular weight is 399 g/mol. The SMILES string of the molecule is Cc1cc(C(=O)NCC(C)C)ccc1NC(=O)c1sc2cccc(F)c2c1C. The van der Waals surface area contributed by atoms with Gasteiger partial charge in [-0.1, -0.05) is 19.9 Å². The zero-order valence-corrected chi connectivity index (χ0v) is 17.2. The van der Waals surface area contributed by atoms with Crippen molar-refractivity contribution in [2.24, 2.45) is 5.92 Å². The van der Waals surface area contributed by atoms with E-state index in [0.29, 0.717) is 39.5 Å². The van der Waals surface area contributed by atoms with E-state index in [1.807, 2.05) is 26.8 Å². The first-order chi connectivity index (χ1) is 13.3. The zero-order valence-electron chi connectivity index (χ0n) is 16.4. The molecule has 0 fully saturated rings. The molecule has 0 aliphatic heterocycles. The molecule has 1 heterocycles. The van der Waals surface area contributed by atoms with Crippen LogP contribution in [-0.4, -0.2) is 18.4 Å². The summed E-state index contributed by atoms with van der Waals surface area (Å²) in [6.45, 7) is 8.27. The summed E-state index contributed by atoms with van der Waals surface area (Å²) in [6, 6.07) is 10.0. The van der Waals surface area contributed by atoms with Gasteiger partial charge in [-0.2, -0.15) is 0 Å². The maximum Gasteiger partial charge on any atom is 0.266 e. The maximum atomic E-state index is 14.1. The number of rotatable bonds is 5. The Morgan fingerprint density at radius 2 is 1.86 bits per heavy atom. The zero-order chi connectivity index (χ0) is 20.4. The molecule has 146 valence electrons. The number of halogens is 1. The van der Waals surface area contributed by atoms with Crippen LogP contribution in [0, 0.1) is 25.6 Å². The van der Waals surface area contributed by atoms with Gasteiger partial charge in [0.25, 0.3) is 11.8 Å². The number of anilines is 1. The first-order valence-corrected chi connectivity index (χ1v) is 9.97. The molecule has 0 bridgehead atoms. The Morgan fingerprint density at radius 1 is 1.11 bits per heavy atom. The van der Waals surface area contributed by atoms with Crippen molar-refractivity contribution >= 4 is 38.9 Å². The van der Waals surface area contributed by atoms with Gasteiger partial charge in [0.15, 0.2) is 0 Å². The third-order valence-electron chi connectivity index (χ3n) is 4.52. The van der Waals surface area contributed by atoms with Crippen molar-refractivity contribution in [1.82, 2.24) is 5.32 Å². The van der Waals surface area contributed by atoms with Gasteiger partial charge in [-0.15, -0.1) is 11.3 Å². The van der Waals surface area contributed by atoms with E-state index >= 15 is 0 Å². The van der Waals surface area contributed by atoms with Crippen LogP contribution in [0.1, 0.15) is 45.0 Å². The second kappa shape index (κ2) is 8.10. The lowest BCUT2D eigenvalue weighted by molar-refractivity contribution is 0.0948. The van der Waals surface area contributed by atoms with Gasteiger partial charge < -0.3 is 10.6 Å². The summed E-state index contributed by atoms with van der Waals surface area (Å²) in [7, 11) is 0. The van der Waals surface area contributed by atoms with E-state index in [1.165, 1.54) is 17.4 Å². The van der Waals surface area contributed by atoms with Gasteiger partial charge >= 0.3 is 0 Å². The summed E-state index contributed by atoms with van der Waals surface area (Å²) in [6.07, 6.45) is 0. The molecule has 2 amide bonds. The van der Waals surface area contributed by atoms with Crippen molar-refractivity contribution in [3.05, 3.63) is 63.8 Å². The number of hydrogen-bond donors (Lipinski definition) is 2. The Hall–Kier alpha value is -2.73. The molecule has 0 radical (unpaired) electrons. The highest BCUT2D eigenvalue weighted by molar-refractivity contribution is 7.21. The summed E-state index contributed by atoms with van der Waals surface area (Å²) < 4.78 is 14.8. The number of aryl methyl sites for hydroxylation is 2. The smallest absolute Gasteiger partial charge is 0.266 e. The monoisotopic (exact) mass is 398 g/mol. The highest BCUT2D eigenvalue weighted by Gasteiger charge is 2.18. The number of fused-ring (bicyclic) bond motifs is 1. The third kappa shape index (κ3) is 4.07. The highest BCUT2D eigenvalue weighted by Crippen LogP contribution is 2.33. The Morgan fingerprint density at radius 3 is 2.50 bits per heavy atom. The van der Waals surface area contributed by atoms with Crippen molar-refractivity contribution < 1.29 is 14.0 Å². The normalized spacial score (nSPS) is 11.1. The topological polar surface area (TPSA) is 58.2 Å². The highest BCUT2D eigenvalue weighted by atomic mass is 32.1. The van der Waals surface area contributed by atoms with E-state index in [-0.39, 0.29) is 17.6 Å². The molecule has 4 nitrogen and oxygen atoms in total. The Labute approximate surface area is 167 Å². The summed E-state index contributed by atoms with van der Waals surface area (Å²) in [5.74, 6) is -0.361. The van der Waals surface area contributed by atoms with Crippen molar-refractivity contribution in [2.45, 2.75) is 27.7 Å². The molecule has 0 atom stereocenters. The molecule has 0 aliphatic carbocycles. The molecule has 2 N–H and O–H groups in total. The van der Waals surface area contributed by atoms with Crippen LogP contribution in [0.3, 0.4) is 0 Å². The molecule has 0 saturated heterocycles. The van der Waals surface area contributed by atoms with Crippen LogP contribution in [-0.2, 0) is 0 Å². The Balaban J connectivity index is 1.80. The second-order valence-electron chi connectivity index (χ2n) is 7.26. The molecule has 1 aromatic heterocycles. The molecular weight excluding hydrogens is 375 g/mol. The van der Waals surface area contributed by atoms with Gasteiger partial charge in [0.2, 0.25) is 0 Å². The van der Waals surface area contributed by atoms with Crippen LogP contribution in [0.5, 0.6) is 0 Å². The lowest BCUT2D eigenvalue weighted by atomic mass is 10.1. The molecule has 0 spiro atoms. The minimum Gasteiger partial charge on any atom is -0.352 e. The quantitative estimate of drug-likeness (QED) is 0.613. The van der Waals surface area contributed by atoms with Gasteiger partial charge in [0.1, 0.15) is 5.82 Å². The fraction of sp³-hybridized carbons (Fsp3) is 0.273. The number of benzene rings is 2. The third-order valence-corrected chi connectivity index (χ3v) is 5.77. The lowest BCUT2D eigenvalue weighted by Gasteiger charge is -2.11. The Bertz CT molecular complexity index is 1060. The van der Waals surface area contributed by atoms with Gasteiger partial charge in [-0.05, 0) is 61.2 Å². The van der Waals surface area contributed by atoms with E-state index in [2.05, 4.69) is 10.6 Å². The van der Waals surface area contributed by atoms with E-state index in [0.717, 1.165) is 10.3 Å². The minimum absolute atomic E-state index is 0.134. The molecule has 0 aliphatic rings. The fourth-order valence-corrected chi connectivity index (χ4v) is 4.11. The number of thiophene rings is 1. The summed E-state index contributed by atoms with van der Waals surface area (Å²) in [4.78, 5) is 25.4. The lowest BCUT2D eigenvalue weighted by Crippen LogP contribution is -2.27. The van der Waals surface area contributed by atoms with E-state index in [4.69, 9.17) is 0 Å². The molecule has 28 heavy (non-hydrogen) atoms. The van der Waals surface area contributed by atoms with Crippen molar-refractivity contribution in [3.8, 4) is 0 Å². The number of carbonyl (C=O) groups excluding carboxylic acids is 2. The largest absolute Gasteiger partial charge is 0.352 e. The first kappa shape index (κ1) is 20.0. The maximum absolute atomic E-state index is 14.1. The average Bonchev–Trinajstić information content (AvgIpc) is 2.99. The van der Waals surface area contributed by atoms with Crippen molar-refractivity contribution in [2.75, 3.05) is 11.9 Å². The summed E-state index contributed by atoms with van der Waals surface area (Å²) >= 11 is 1.27. The van der Waals surface area contributed by atoms with E-state index in [1.54, 1.807) is 31.2 Å². The Kier molecular flexibility index (Phi) is 5.79. The van der Waals surface area contributed by atoms with Gasteiger partial charge in [-0.3, -0.25) is 9.59 Å². The minimum atomic E-state index is -0.321. The van der Waals surface area contributed by atoms with E-state index in [9.17, 15) is 14.0 Å². The molecular formula is C22H23FN2O2S. The van der Waals surface area contributed by atoms with Crippen LogP contribution in [0.2, 0.25) is 0 Å².